The van der Waals surface area contributed by atoms with Gasteiger partial charge in [-0.2, -0.15) is 9.98 Å². The van der Waals surface area contributed by atoms with Crippen molar-refractivity contribution in [3.63, 3.8) is 0 Å². The van der Waals surface area contributed by atoms with Gasteiger partial charge in [-0.1, -0.05) is 6.92 Å². The third kappa shape index (κ3) is 3.12. The maximum absolute atomic E-state index is 10.5. The SMILES string of the molecule is CCSc1cc(C)c(N=C=O)c(SC)c1N=C=O. The van der Waals surface area contributed by atoms with Crippen LogP contribution in [0, 0.1) is 6.92 Å². The number of isocyanates is 2. The van der Waals surface area contributed by atoms with Crippen LogP contribution in [0.5, 0.6) is 0 Å². The molecule has 6 heteroatoms. The number of thioether (sulfide) groups is 2. The lowest BCUT2D eigenvalue weighted by Gasteiger charge is -2.12. The van der Waals surface area contributed by atoms with E-state index in [1.807, 2.05) is 26.2 Å². The maximum atomic E-state index is 10.5. The number of carbonyl (C=O) groups excluding carboxylic acids is 2. The van der Waals surface area contributed by atoms with Crippen LogP contribution >= 0.6 is 23.5 Å². The largest absolute Gasteiger partial charge is 0.240 e. The van der Waals surface area contributed by atoms with Crippen LogP contribution in [0.1, 0.15) is 12.5 Å². The van der Waals surface area contributed by atoms with E-state index >= 15 is 0 Å². The number of aryl methyl sites for hydroxylation is 1. The maximum Gasteiger partial charge on any atom is 0.240 e. The van der Waals surface area contributed by atoms with Gasteiger partial charge in [0.05, 0.1) is 10.6 Å². The molecule has 0 aliphatic carbocycles. The van der Waals surface area contributed by atoms with Gasteiger partial charge in [0.15, 0.2) is 0 Å². The zero-order valence-electron chi connectivity index (χ0n) is 10.3. The standard InChI is InChI=1S/C12H12N2O2S2/c1-4-18-9-5-8(2)10(13-6-15)12(17-3)11(9)14-7-16/h5H,4H2,1-3H3. The molecule has 0 saturated heterocycles. The minimum atomic E-state index is 0.520. The van der Waals surface area contributed by atoms with Crippen LogP contribution in [0.15, 0.2) is 25.8 Å². The molecule has 0 saturated carbocycles. The molecule has 4 nitrogen and oxygen atoms in total. The summed E-state index contributed by atoms with van der Waals surface area (Å²) in [4.78, 5) is 30.0. The Morgan fingerprint density at radius 2 is 1.83 bits per heavy atom. The number of rotatable bonds is 5. The van der Waals surface area contributed by atoms with Crippen molar-refractivity contribution in [1.29, 1.82) is 0 Å². The zero-order chi connectivity index (χ0) is 13.5. The molecule has 1 rings (SSSR count). The predicted octanol–water partition coefficient (Wildman–Crippen LogP) is 3.76. The smallest absolute Gasteiger partial charge is 0.211 e. The van der Waals surface area contributed by atoms with E-state index in [2.05, 4.69) is 9.98 Å². The molecular weight excluding hydrogens is 268 g/mol. The Balaban J connectivity index is 3.64. The Kier molecular flexibility index (Phi) is 5.89. The highest BCUT2D eigenvalue weighted by atomic mass is 32.2. The third-order valence-corrected chi connectivity index (χ3v) is 3.91. The van der Waals surface area contributed by atoms with Gasteiger partial charge >= 0.3 is 0 Å². The van der Waals surface area contributed by atoms with Crippen LogP contribution in [-0.2, 0) is 9.59 Å². The highest BCUT2D eigenvalue weighted by Gasteiger charge is 2.15. The van der Waals surface area contributed by atoms with Crippen molar-refractivity contribution in [2.75, 3.05) is 12.0 Å². The first-order valence-electron chi connectivity index (χ1n) is 5.19. The van der Waals surface area contributed by atoms with Crippen molar-refractivity contribution in [3.05, 3.63) is 11.6 Å². The second kappa shape index (κ2) is 7.19. The third-order valence-electron chi connectivity index (χ3n) is 2.20. The monoisotopic (exact) mass is 280 g/mol. The van der Waals surface area contributed by atoms with E-state index in [0.717, 1.165) is 16.2 Å². The van der Waals surface area contributed by atoms with Crippen LogP contribution in [0.25, 0.3) is 0 Å². The lowest BCUT2D eigenvalue weighted by molar-refractivity contribution is 0.564. The summed E-state index contributed by atoms with van der Waals surface area (Å²) >= 11 is 2.98. The van der Waals surface area contributed by atoms with E-state index in [0.29, 0.717) is 16.3 Å². The first-order chi connectivity index (χ1) is 8.69. The molecule has 0 atom stereocenters. The van der Waals surface area contributed by atoms with E-state index in [-0.39, 0.29) is 0 Å². The molecule has 0 bridgehead atoms. The van der Waals surface area contributed by atoms with E-state index in [1.54, 1.807) is 17.8 Å². The van der Waals surface area contributed by atoms with Crippen molar-refractivity contribution in [2.45, 2.75) is 23.6 Å². The summed E-state index contributed by atoms with van der Waals surface area (Å²) in [6.07, 6.45) is 4.94. The normalized spacial score (nSPS) is 9.50. The molecule has 0 unspecified atom stereocenters. The van der Waals surface area contributed by atoms with Crippen LogP contribution in [0.2, 0.25) is 0 Å². The molecule has 1 aromatic rings. The summed E-state index contributed by atoms with van der Waals surface area (Å²) in [7, 11) is 0. The fraction of sp³-hybridized carbons (Fsp3) is 0.333. The first kappa shape index (κ1) is 14.7. The van der Waals surface area contributed by atoms with E-state index in [4.69, 9.17) is 0 Å². The molecule has 0 aliphatic rings. The van der Waals surface area contributed by atoms with Gasteiger partial charge in [0.25, 0.3) is 0 Å². The number of hydrogen-bond donors (Lipinski definition) is 0. The fourth-order valence-electron chi connectivity index (χ4n) is 1.53. The second-order valence-corrected chi connectivity index (χ2v) is 5.38. The van der Waals surface area contributed by atoms with E-state index in [9.17, 15) is 9.59 Å². The highest BCUT2D eigenvalue weighted by Crippen LogP contribution is 2.45. The van der Waals surface area contributed by atoms with Crippen molar-refractivity contribution >= 4 is 47.1 Å². The second-order valence-electron chi connectivity index (χ2n) is 3.26. The van der Waals surface area contributed by atoms with Gasteiger partial charge in [0, 0.05) is 4.90 Å². The summed E-state index contributed by atoms with van der Waals surface area (Å²) in [6, 6.07) is 1.88. The molecule has 18 heavy (non-hydrogen) atoms. The summed E-state index contributed by atoms with van der Waals surface area (Å²) in [5.41, 5.74) is 1.92. The minimum Gasteiger partial charge on any atom is -0.211 e. The first-order valence-corrected chi connectivity index (χ1v) is 7.40. The molecule has 0 spiro atoms. The summed E-state index contributed by atoms with van der Waals surface area (Å²) in [6.45, 7) is 3.88. The Labute approximate surface area is 114 Å². The number of aliphatic imine (C=N–C) groups is 2. The van der Waals surface area contributed by atoms with Crippen molar-refractivity contribution in [2.24, 2.45) is 9.98 Å². The van der Waals surface area contributed by atoms with Crippen LogP contribution in [0.4, 0.5) is 11.4 Å². The molecule has 0 aromatic heterocycles. The molecule has 0 radical (unpaired) electrons. The topological polar surface area (TPSA) is 58.9 Å². The van der Waals surface area contributed by atoms with Gasteiger partial charge in [-0.15, -0.1) is 23.5 Å². The molecular formula is C12H12N2O2S2. The van der Waals surface area contributed by atoms with Crippen molar-refractivity contribution in [3.8, 4) is 0 Å². The Bertz CT molecular complexity index is 545. The van der Waals surface area contributed by atoms with Crippen molar-refractivity contribution in [1.82, 2.24) is 0 Å². The Morgan fingerprint density at radius 3 is 2.33 bits per heavy atom. The van der Waals surface area contributed by atoms with E-state index in [1.165, 1.54) is 17.8 Å². The summed E-state index contributed by atoms with van der Waals surface area (Å²) in [5.74, 6) is 0.866. The van der Waals surface area contributed by atoms with Crippen LogP contribution < -0.4 is 0 Å². The molecule has 94 valence electrons. The van der Waals surface area contributed by atoms with Gasteiger partial charge in [0.2, 0.25) is 12.2 Å². The van der Waals surface area contributed by atoms with Gasteiger partial charge in [0.1, 0.15) is 5.69 Å². The Hall–Kier alpha value is -1.32. The van der Waals surface area contributed by atoms with Crippen LogP contribution in [-0.4, -0.2) is 24.2 Å². The van der Waals surface area contributed by atoms with Gasteiger partial charge in [-0.25, -0.2) is 9.59 Å². The molecule has 0 aliphatic heterocycles. The van der Waals surface area contributed by atoms with Gasteiger partial charge < -0.3 is 0 Å². The average molecular weight is 280 g/mol. The average Bonchev–Trinajstić information content (AvgIpc) is 2.35. The summed E-state index contributed by atoms with van der Waals surface area (Å²) < 4.78 is 0. The molecule has 1 aromatic carbocycles. The zero-order valence-corrected chi connectivity index (χ0v) is 11.9. The number of hydrogen-bond acceptors (Lipinski definition) is 6. The molecule has 0 amide bonds. The lowest BCUT2D eigenvalue weighted by Crippen LogP contribution is -1.86. The summed E-state index contributed by atoms with van der Waals surface area (Å²) in [5, 5.41) is 0. The predicted molar refractivity (Wildman–Crippen MR) is 74.9 cm³/mol. The van der Waals surface area contributed by atoms with Gasteiger partial charge in [-0.05, 0) is 30.6 Å². The fourth-order valence-corrected chi connectivity index (χ4v) is 3.20. The quantitative estimate of drug-likeness (QED) is 0.468. The van der Waals surface area contributed by atoms with Crippen LogP contribution in [0.3, 0.4) is 0 Å². The molecule has 0 fully saturated rings. The molecule has 0 heterocycles. The molecule has 0 N–H and O–H groups in total. The lowest BCUT2D eigenvalue weighted by atomic mass is 10.2. The minimum absolute atomic E-state index is 0.520. The van der Waals surface area contributed by atoms with Gasteiger partial charge in [-0.3, -0.25) is 0 Å². The number of benzene rings is 1. The highest BCUT2D eigenvalue weighted by molar-refractivity contribution is 8.00. The Morgan fingerprint density at radius 1 is 1.22 bits per heavy atom. The number of nitrogens with zero attached hydrogens (tertiary/aromatic N) is 2. The van der Waals surface area contributed by atoms with E-state index < -0.39 is 0 Å². The van der Waals surface area contributed by atoms with Crippen molar-refractivity contribution < 1.29 is 9.59 Å².